The van der Waals surface area contributed by atoms with Gasteiger partial charge in [-0.05, 0) is 85.7 Å². The molecule has 0 bridgehead atoms. The van der Waals surface area contributed by atoms with E-state index < -0.39 is 0 Å². The Morgan fingerprint density at radius 2 is 1.70 bits per heavy atom. The van der Waals surface area contributed by atoms with Gasteiger partial charge in [-0.1, -0.05) is 66.6 Å². The van der Waals surface area contributed by atoms with Crippen LogP contribution in [0.4, 0.5) is 0 Å². The molecule has 260 valence electrons. The fourth-order valence-electron chi connectivity index (χ4n) is 6.87. The van der Waals surface area contributed by atoms with Crippen LogP contribution in [0.15, 0.2) is 73.1 Å². The first-order valence-electron chi connectivity index (χ1n) is 17.7. The van der Waals surface area contributed by atoms with E-state index in [1.807, 2.05) is 18.2 Å². The highest BCUT2D eigenvalue weighted by Gasteiger charge is 2.22. The molecular formula is C42H47ClN4O3. The summed E-state index contributed by atoms with van der Waals surface area (Å²) in [4.78, 5) is 9.11. The van der Waals surface area contributed by atoms with E-state index in [0.717, 1.165) is 68.4 Å². The SMILES string of the molecule is Cc1c(/C=C/CN2CCOCC2)cccc1-c1cccc(COc2cc(OCc3cncc(C#N)c3)c(CN3CCCC[C@H]3C)cc2Cl)c1C. The van der Waals surface area contributed by atoms with Crippen molar-refractivity contribution in [2.24, 2.45) is 0 Å². The number of ether oxygens (including phenoxy) is 3. The maximum Gasteiger partial charge on any atom is 0.142 e. The van der Waals surface area contributed by atoms with Crippen LogP contribution in [-0.2, 0) is 24.5 Å². The van der Waals surface area contributed by atoms with Crippen molar-refractivity contribution >= 4 is 17.7 Å². The van der Waals surface area contributed by atoms with Crippen LogP contribution in [0.1, 0.15) is 65.1 Å². The fourth-order valence-corrected chi connectivity index (χ4v) is 7.11. The monoisotopic (exact) mass is 690 g/mol. The summed E-state index contributed by atoms with van der Waals surface area (Å²) in [5, 5.41) is 9.90. The molecule has 7 nitrogen and oxygen atoms in total. The molecule has 50 heavy (non-hydrogen) atoms. The molecule has 0 spiro atoms. The molecule has 0 aliphatic carbocycles. The number of aromatic nitrogens is 1. The van der Waals surface area contributed by atoms with Gasteiger partial charge >= 0.3 is 0 Å². The van der Waals surface area contributed by atoms with Gasteiger partial charge in [0.1, 0.15) is 30.8 Å². The highest BCUT2D eigenvalue weighted by Crippen LogP contribution is 2.37. The van der Waals surface area contributed by atoms with Crippen LogP contribution in [0.3, 0.4) is 0 Å². The number of benzene rings is 3. The maximum absolute atomic E-state index is 9.34. The third-order valence-corrected chi connectivity index (χ3v) is 10.3. The van der Waals surface area contributed by atoms with Gasteiger partial charge < -0.3 is 14.2 Å². The molecule has 3 aromatic carbocycles. The minimum atomic E-state index is 0.286. The Morgan fingerprint density at radius 1 is 0.920 bits per heavy atom. The average molecular weight is 691 g/mol. The molecule has 4 aromatic rings. The molecule has 0 amide bonds. The predicted molar refractivity (Wildman–Crippen MR) is 200 cm³/mol. The van der Waals surface area contributed by atoms with E-state index in [-0.39, 0.29) is 6.61 Å². The molecule has 0 radical (unpaired) electrons. The summed E-state index contributed by atoms with van der Waals surface area (Å²) in [6.07, 6.45) is 11.4. The number of pyridine rings is 1. The average Bonchev–Trinajstić information content (AvgIpc) is 3.13. The minimum absolute atomic E-state index is 0.286. The minimum Gasteiger partial charge on any atom is -0.488 e. The van der Waals surface area contributed by atoms with E-state index in [1.54, 1.807) is 12.4 Å². The summed E-state index contributed by atoms with van der Waals surface area (Å²) < 4.78 is 18.3. The zero-order valence-corrected chi connectivity index (χ0v) is 30.2. The molecule has 2 aliphatic heterocycles. The lowest BCUT2D eigenvalue weighted by Gasteiger charge is -2.33. The van der Waals surface area contributed by atoms with Crippen LogP contribution < -0.4 is 9.47 Å². The number of halogens is 1. The van der Waals surface area contributed by atoms with E-state index in [2.05, 4.69) is 90.2 Å². The lowest BCUT2D eigenvalue weighted by atomic mass is 9.91. The van der Waals surface area contributed by atoms with Crippen molar-refractivity contribution in [3.8, 4) is 28.7 Å². The molecule has 1 aromatic heterocycles. The summed E-state index contributed by atoms with van der Waals surface area (Å²) >= 11 is 6.91. The molecule has 0 N–H and O–H groups in total. The molecule has 0 saturated carbocycles. The molecule has 2 saturated heterocycles. The highest BCUT2D eigenvalue weighted by molar-refractivity contribution is 6.32. The molecule has 1 atom stereocenters. The van der Waals surface area contributed by atoms with Crippen LogP contribution in [-0.4, -0.2) is 60.2 Å². The van der Waals surface area contributed by atoms with E-state index >= 15 is 0 Å². The first-order valence-corrected chi connectivity index (χ1v) is 18.1. The second-order valence-electron chi connectivity index (χ2n) is 13.4. The number of hydrogen-bond acceptors (Lipinski definition) is 7. The van der Waals surface area contributed by atoms with Crippen LogP contribution >= 0.6 is 11.6 Å². The van der Waals surface area contributed by atoms with E-state index in [9.17, 15) is 5.26 Å². The standard InChI is InChI=1S/C42H47ClN4O3/c1-30-9-4-5-16-47(30)27-37-22-40(43)42(23-41(37)49-28-34-21-33(24-44)25-45-26-34)50-29-36-11-7-14-39(32(36)3)38-13-6-10-35(31(38)2)12-8-15-46-17-19-48-20-18-46/h6-8,10-14,21-23,25-26,30H,4-5,9,15-20,27-29H2,1-3H3/b12-8+/t30-/m1/s1. The van der Waals surface area contributed by atoms with E-state index in [1.165, 1.54) is 47.1 Å². The summed E-state index contributed by atoms with van der Waals surface area (Å²) in [7, 11) is 0. The Balaban J connectivity index is 1.20. The Labute approximate surface area is 302 Å². The van der Waals surface area contributed by atoms with Crippen LogP contribution in [0.2, 0.25) is 5.02 Å². The summed E-state index contributed by atoms with van der Waals surface area (Å²) in [5.74, 6) is 1.30. The number of nitrogens with zero attached hydrogens (tertiary/aromatic N) is 4. The zero-order chi connectivity index (χ0) is 34.9. The van der Waals surface area contributed by atoms with Gasteiger partial charge in [-0.25, -0.2) is 0 Å². The number of hydrogen-bond donors (Lipinski definition) is 0. The van der Waals surface area contributed by atoms with Crippen molar-refractivity contribution in [3.05, 3.63) is 117 Å². The molecule has 6 rings (SSSR count). The summed E-state index contributed by atoms with van der Waals surface area (Å²) in [5.41, 5.74) is 9.53. The first-order chi connectivity index (χ1) is 24.4. The molecular weight excluding hydrogens is 644 g/mol. The lowest BCUT2D eigenvalue weighted by molar-refractivity contribution is 0.0435. The number of morpholine rings is 1. The number of rotatable bonds is 12. The third-order valence-electron chi connectivity index (χ3n) is 10.0. The third kappa shape index (κ3) is 8.93. The Hall–Kier alpha value is -4.19. The van der Waals surface area contributed by atoms with E-state index in [4.69, 9.17) is 25.8 Å². The number of nitriles is 1. The lowest BCUT2D eigenvalue weighted by Crippen LogP contribution is -2.36. The number of piperidine rings is 1. The molecule has 2 aliphatic rings. The van der Waals surface area contributed by atoms with Crippen LogP contribution in [0.5, 0.6) is 11.5 Å². The normalized spacial score (nSPS) is 17.1. The molecule has 8 heteroatoms. The van der Waals surface area contributed by atoms with Gasteiger partial charge in [0.25, 0.3) is 0 Å². The van der Waals surface area contributed by atoms with Gasteiger partial charge in [-0.15, -0.1) is 0 Å². The highest BCUT2D eigenvalue weighted by atomic mass is 35.5. The second kappa shape index (κ2) is 17.2. The zero-order valence-electron chi connectivity index (χ0n) is 29.5. The predicted octanol–water partition coefficient (Wildman–Crippen LogP) is 8.77. The fraction of sp³-hybridized carbons (Fsp3) is 0.381. The van der Waals surface area contributed by atoms with Crippen molar-refractivity contribution in [1.82, 2.24) is 14.8 Å². The Bertz CT molecular complexity index is 1850. The second-order valence-corrected chi connectivity index (χ2v) is 13.8. The maximum atomic E-state index is 9.34. The van der Waals surface area contributed by atoms with Crippen LogP contribution in [0, 0.1) is 25.2 Å². The summed E-state index contributed by atoms with van der Waals surface area (Å²) in [6.45, 7) is 13.6. The molecule has 3 heterocycles. The summed E-state index contributed by atoms with van der Waals surface area (Å²) in [6, 6.07) is 21.3. The molecule has 0 unspecified atom stereocenters. The van der Waals surface area contributed by atoms with Crippen molar-refractivity contribution in [2.45, 2.75) is 65.8 Å². The van der Waals surface area contributed by atoms with Gasteiger partial charge in [0.15, 0.2) is 0 Å². The van der Waals surface area contributed by atoms with E-state index in [0.29, 0.717) is 29.0 Å². The van der Waals surface area contributed by atoms with Gasteiger partial charge in [0, 0.05) is 61.8 Å². The molecule has 2 fully saturated rings. The van der Waals surface area contributed by atoms with Gasteiger partial charge in [0.05, 0.1) is 23.8 Å². The van der Waals surface area contributed by atoms with Crippen molar-refractivity contribution in [2.75, 3.05) is 39.4 Å². The number of likely N-dealkylation sites (tertiary alicyclic amines) is 1. The van der Waals surface area contributed by atoms with Gasteiger partial charge in [-0.2, -0.15) is 5.26 Å². The van der Waals surface area contributed by atoms with Crippen molar-refractivity contribution < 1.29 is 14.2 Å². The Kier molecular flexibility index (Phi) is 12.2. The topological polar surface area (TPSA) is 70.9 Å². The first kappa shape index (κ1) is 35.6. The smallest absolute Gasteiger partial charge is 0.142 e. The van der Waals surface area contributed by atoms with Gasteiger partial charge in [0.2, 0.25) is 0 Å². The largest absolute Gasteiger partial charge is 0.488 e. The van der Waals surface area contributed by atoms with Crippen molar-refractivity contribution in [3.63, 3.8) is 0 Å². The quantitative estimate of drug-likeness (QED) is 0.147. The van der Waals surface area contributed by atoms with Gasteiger partial charge in [-0.3, -0.25) is 14.8 Å². The van der Waals surface area contributed by atoms with Crippen molar-refractivity contribution in [1.29, 1.82) is 5.26 Å². The Morgan fingerprint density at radius 3 is 2.50 bits per heavy atom. The van der Waals surface area contributed by atoms with Crippen LogP contribution in [0.25, 0.3) is 17.2 Å².